The van der Waals surface area contributed by atoms with Crippen LogP contribution in [0.15, 0.2) is 29.3 Å². The Labute approximate surface area is 109 Å². The predicted octanol–water partition coefficient (Wildman–Crippen LogP) is 3.02. The molecule has 0 fully saturated rings. The number of nitrogens with two attached hydrogens (primary N) is 1. The number of hydrogen-bond donors (Lipinski definition) is 2. The molecule has 0 aliphatic heterocycles. The highest BCUT2D eigenvalue weighted by Crippen LogP contribution is 2.33. The van der Waals surface area contributed by atoms with Crippen LogP contribution in [0.2, 0.25) is 0 Å². The lowest BCUT2D eigenvalue weighted by Crippen LogP contribution is -2.09. The lowest BCUT2D eigenvalue weighted by Gasteiger charge is -2.13. The van der Waals surface area contributed by atoms with Crippen molar-refractivity contribution < 1.29 is 5.11 Å². The summed E-state index contributed by atoms with van der Waals surface area (Å²) >= 11 is 3.17. The Balaban J connectivity index is 0.00000225. The molecule has 0 unspecified atom stereocenters. The molecule has 5 heteroatoms. The van der Waals surface area contributed by atoms with Crippen molar-refractivity contribution in [3.05, 3.63) is 40.4 Å². The van der Waals surface area contributed by atoms with E-state index in [4.69, 9.17) is 11.0 Å². The van der Waals surface area contributed by atoms with E-state index in [1.165, 1.54) is 0 Å². The summed E-state index contributed by atoms with van der Waals surface area (Å²) in [6.07, 6.45) is 2.23. The van der Waals surface area contributed by atoms with Crippen molar-refractivity contribution in [3.8, 4) is 11.8 Å². The molecule has 86 valence electrons. The molecule has 1 atom stereocenters. The maximum atomic E-state index is 9.74. The number of rotatable bonds is 3. The van der Waals surface area contributed by atoms with Crippen molar-refractivity contribution in [1.82, 2.24) is 0 Å². The van der Waals surface area contributed by atoms with E-state index in [1.807, 2.05) is 6.07 Å². The highest BCUT2D eigenvalue weighted by Gasteiger charge is 2.13. The zero-order chi connectivity index (χ0) is 11.4. The third kappa shape index (κ3) is 3.24. The molecule has 0 aromatic heterocycles. The minimum absolute atomic E-state index is 0. The van der Waals surface area contributed by atoms with Crippen LogP contribution in [-0.4, -0.2) is 5.11 Å². The fourth-order valence-corrected chi connectivity index (χ4v) is 1.75. The van der Waals surface area contributed by atoms with Gasteiger partial charge in [0.2, 0.25) is 0 Å². The van der Waals surface area contributed by atoms with Crippen molar-refractivity contribution in [2.45, 2.75) is 12.5 Å². The van der Waals surface area contributed by atoms with Gasteiger partial charge in [0.05, 0.1) is 16.1 Å². The van der Waals surface area contributed by atoms with Crippen LogP contribution in [0.3, 0.4) is 0 Å². The number of halogens is 2. The zero-order valence-electron chi connectivity index (χ0n) is 8.48. The van der Waals surface area contributed by atoms with E-state index in [0.29, 0.717) is 22.0 Å². The van der Waals surface area contributed by atoms with Crippen molar-refractivity contribution in [2.24, 2.45) is 5.73 Å². The molecule has 0 bridgehead atoms. The standard InChI is InChI=1S/C11H11BrN2O.ClH/c1-2-3-10(14)8-4-7(6-13)5-9(12)11(8)15;/h2,4-5,10,15H,1,3,14H2;1H/t10-;/m1./s1. The predicted molar refractivity (Wildman–Crippen MR) is 69.5 cm³/mol. The van der Waals surface area contributed by atoms with E-state index in [0.717, 1.165) is 0 Å². The Morgan fingerprint density at radius 1 is 1.62 bits per heavy atom. The van der Waals surface area contributed by atoms with Gasteiger partial charge in [0.25, 0.3) is 0 Å². The molecular weight excluding hydrogens is 291 g/mol. The van der Waals surface area contributed by atoms with Crippen LogP contribution in [-0.2, 0) is 0 Å². The summed E-state index contributed by atoms with van der Waals surface area (Å²) in [5.41, 5.74) is 6.86. The van der Waals surface area contributed by atoms with Crippen molar-refractivity contribution >= 4 is 28.3 Å². The number of nitrogens with zero attached hydrogens (tertiary/aromatic N) is 1. The summed E-state index contributed by atoms with van der Waals surface area (Å²) in [5.74, 6) is 0.0864. The fourth-order valence-electron chi connectivity index (χ4n) is 1.27. The van der Waals surface area contributed by atoms with Crippen LogP contribution in [0.1, 0.15) is 23.6 Å². The lowest BCUT2D eigenvalue weighted by molar-refractivity contribution is 0.458. The summed E-state index contributed by atoms with van der Waals surface area (Å²) in [6, 6.07) is 4.82. The zero-order valence-corrected chi connectivity index (χ0v) is 10.9. The molecule has 0 amide bonds. The smallest absolute Gasteiger partial charge is 0.134 e. The number of nitriles is 1. The SMILES string of the molecule is C=CC[C@@H](N)c1cc(C#N)cc(Br)c1O.Cl. The van der Waals surface area contributed by atoms with Crippen LogP contribution >= 0.6 is 28.3 Å². The molecule has 0 heterocycles. The molecular formula is C11H12BrClN2O. The van der Waals surface area contributed by atoms with Gasteiger partial charge in [-0.25, -0.2) is 0 Å². The first kappa shape index (κ1) is 15.0. The van der Waals surface area contributed by atoms with Gasteiger partial charge < -0.3 is 10.8 Å². The van der Waals surface area contributed by atoms with Gasteiger partial charge in [-0.15, -0.1) is 19.0 Å². The molecule has 0 aliphatic rings. The summed E-state index contributed by atoms with van der Waals surface area (Å²) in [6.45, 7) is 3.58. The fraction of sp³-hybridized carbons (Fsp3) is 0.182. The van der Waals surface area contributed by atoms with Gasteiger partial charge in [0.1, 0.15) is 5.75 Å². The van der Waals surface area contributed by atoms with Gasteiger partial charge in [-0.2, -0.15) is 5.26 Å². The maximum absolute atomic E-state index is 9.74. The second-order valence-corrected chi connectivity index (χ2v) is 3.99. The van der Waals surface area contributed by atoms with Crippen LogP contribution < -0.4 is 5.73 Å². The Morgan fingerprint density at radius 2 is 2.25 bits per heavy atom. The van der Waals surface area contributed by atoms with Gasteiger partial charge >= 0.3 is 0 Å². The van der Waals surface area contributed by atoms with E-state index < -0.39 is 0 Å². The monoisotopic (exact) mass is 302 g/mol. The molecule has 0 aliphatic carbocycles. The number of benzene rings is 1. The van der Waals surface area contributed by atoms with Gasteiger partial charge in [-0.05, 0) is 34.5 Å². The average Bonchev–Trinajstić information content (AvgIpc) is 2.22. The van der Waals surface area contributed by atoms with Gasteiger partial charge in [-0.3, -0.25) is 0 Å². The average molecular weight is 304 g/mol. The van der Waals surface area contributed by atoms with Crippen molar-refractivity contribution in [2.75, 3.05) is 0 Å². The minimum Gasteiger partial charge on any atom is -0.506 e. The number of phenolic OH excluding ortho intramolecular Hbond substituents is 1. The summed E-state index contributed by atoms with van der Waals surface area (Å²) < 4.78 is 0.482. The van der Waals surface area contributed by atoms with Gasteiger partial charge in [0.15, 0.2) is 0 Å². The minimum atomic E-state index is -0.341. The molecule has 0 saturated carbocycles. The Kier molecular flexibility index (Phi) is 6.12. The summed E-state index contributed by atoms with van der Waals surface area (Å²) in [4.78, 5) is 0. The second-order valence-electron chi connectivity index (χ2n) is 3.14. The topological polar surface area (TPSA) is 70.0 Å². The number of phenols is 1. The highest BCUT2D eigenvalue weighted by molar-refractivity contribution is 9.10. The van der Waals surface area contributed by atoms with Crippen molar-refractivity contribution in [3.63, 3.8) is 0 Å². The third-order valence-corrected chi connectivity index (χ3v) is 2.65. The largest absolute Gasteiger partial charge is 0.506 e. The Hall–Kier alpha value is -1.02. The first-order valence-corrected chi connectivity index (χ1v) is 5.18. The molecule has 0 saturated heterocycles. The van der Waals surface area contributed by atoms with E-state index in [-0.39, 0.29) is 24.2 Å². The molecule has 0 spiro atoms. The second kappa shape index (κ2) is 6.54. The summed E-state index contributed by atoms with van der Waals surface area (Å²) in [5, 5.41) is 18.5. The highest BCUT2D eigenvalue weighted by atomic mass is 79.9. The van der Waals surface area contributed by atoms with E-state index >= 15 is 0 Å². The molecule has 3 N–H and O–H groups in total. The number of aromatic hydroxyl groups is 1. The molecule has 1 aromatic carbocycles. The maximum Gasteiger partial charge on any atom is 0.134 e. The molecule has 1 rings (SSSR count). The summed E-state index contributed by atoms with van der Waals surface area (Å²) in [7, 11) is 0. The molecule has 3 nitrogen and oxygen atoms in total. The van der Waals surface area contributed by atoms with Crippen LogP contribution in [0.4, 0.5) is 0 Å². The lowest BCUT2D eigenvalue weighted by atomic mass is 10.0. The van der Waals surface area contributed by atoms with Crippen LogP contribution in [0.25, 0.3) is 0 Å². The molecule has 1 aromatic rings. The van der Waals surface area contributed by atoms with E-state index in [2.05, 4.69) is 22.5 Å². The quantitative estimate of drug-likeness (QED) is 0.843. The number of hydrogen-bond acceptors (Lipinski definition) is 3. The Bertz CT molecular complexity index is 429. The molecule has 16 heavy (non-hydrogen) atoms. The van der Waals surface area contributed by atoms with E-state index in [1.54, 1.807) is 18.2 Å². The normalized spacial score (nSPS) is 11.1. The van der Waals surface area contributed by atoms with Gasteiger partial charge in [-0.1, -0.05) is 6.08 Å². The Morgan fingerprint density at radius 3 is 2.75 bits per heavy atom. The molecule has 0 radical (unpaired) electrons. The van der Waals surface area contributed by atoms with Crippen LogP contribution in [0.5, 0.6) is 5.75 Å². The first-order valence-electron chi connectivity index (χ1n) is 4.39. The van der Waals surface area contributed by atoms with E-state index in [9.17, 15) is 5.11 Å². The third-order valence-electron chi connectivity index (χ3n) is 2.04. The van der Waals surface area contributed by atoms with Gasteiger partial charge in [0, 0.05) is 11.6 Å². The van der Waals surface area contributed by atoms with Crippen molar-refractivity contribution in [1.29, 1.82) is 5.26 Å². The van der Waals surface area contributed by atoms with Crippen LogP contribution in [0, 0.1) is 11.3 Å². The first-order chi connectivity index (χ1) is 7.10.